The summed E-state index contributed by atoms with van der Waals surface area (Å²) >= 11 is 0. The van der Waals surface area contributed by atoms with E-state index >= 15 is 0 Å². The summed E-state index contributed by atoms with van der Waals surface area (Å²) in [5.74, 6) is -1.20. The SMILES string of the molecule is CC(C)(C)CC(O)(C(=O)O)c1cccc(C(C)(C)C)c1. The zero-order chi connectivity index (χ0) is 15.8. The summed E-state index contributed by atoms with van der Waals surface area (Å²) in [6, 6.07) is 7.27. The van der Waals surface area contributed by atoms with Gasteiger partial charge in [0.15, 0.2) is 5.60 Å². The molecule has 0 fully saturated rings. The van der Waals surface area contributed by atoms with Crippen molar-refractivity contribution in [1.29, 1.82) is 0 Å². The highest BCUT2D eigenvalue weighted by atomic mass is 16.4. The lowest BCUT2D eigenvalue weighted by atomic mass is 9.76. The van der Waals surface area contributed by atoms with Gasteiger partial charge in [-0.1, -0.05) is 65.8 Å². The lowest BCUT2D eigenvalue weighted by Gasteiger charge is -2.32. The topological polar surface area (TPSA) is 57.5 Å². The molecular weight excluding hydrogens is 252 g/mol. The van der Waals surface area contributed by atoms with Crippen LogP contribution in [-0.4, -0.2) is 16.2 Å². The van der Waals surface area contributed by atoms with Crippen molar-refractivity contribution in [1.82, 2.24) is 0 Å². The molecule has 1 aromatic carbocycles. The highest BCUT2D eigenvalue weighted by molar-refractivity contribution is 5.79. The molecule has 1 unspecified atom stereocenters. The number of carboxylic acids is 1. The van der Waals surface area contributed by atoms with Crippen LogP contribution in [0.25, 0.3) is 0 Å². The maximum Gasteiger partial charge on any atom is 0.340 e. The van der Waals surface area contributed by atoms with E-state index in [4.69, 9.17) is 0 Å². The zero-order valence-electron chi connectivity index (χ0n) is 13.3. The van der Waals surface area contributed by atoms with E-state index in [1.807, 2.05) is 32.9 Å². The second-order valence-corrected chi connectivity index (χ2v) is 7.73. The van der Waals surface area contributed by atoms with Crippen molar-refractivity contribution in [3.05, 3.63) is 35.4 Å². The van der Waals surface area contributed by atoms with Crippen LogP contribution in [0.5, 0.6) is 0 Å². The second kappa shape index (κ2) is 5.21. The Bertz CT molecular complexity index is 492. The summed E-state index contributed by atoms with van der Waals surface area (Å²) < 4.78 is 0. The second-order valence-electron chi connectivity index (χ2n) is 7.73. The lowest BCUT2D eigenvalue weighted by molar-refractivity contribution is -0.163. The number of carbonyl (C=O) groups is 1. The molecule has 20 heavy (non-hydrogen) atoms. The van der Waals surface area contributed by atoms with Crippen LogP contribution in [0.3, 0.4) is 0 Å². The first-order valence-corrected chi connectivity index (χ1v) is 6.93. The molecule has 0 amide bonds. The van der Waals surface area contributed by atoms with Crippen molar-refractivity contribution in [2.24, 2.45) is 5.41 Å². The first-order valence-electron chi connectivity index (χ1n) is 6.93. The van der Waals surface area contributed by atoms with E-state index in [0.29, 0.717) is 5.56 Å². The van der Waals surface area contributed by atoms with Gasteiger partial charge in [0.05, 0.1) is 0 Å². The smallest absolute Gasteiger partial charge is 0.340 e. The van der Waals surface area contributed by atoms with Gasteiger partial charge in [-0.05, 0) is 28.4 Å². The van der Waals surface area contributed by atoms with Gasteiger partial charge >= 0.3 is 5.97 Å². The predicted octanol–water partition coefficient (Wildman–Crippen LogP) is 3.69. The third-order valence-electron chi connectivity index (χ3n) is 3.35. The Kier molecular flexibility index (Phi) is 4.35. The van der Waals surface area contributed by atoms with E-state index in [1.54, 1.807) is 12.1 Å². The van der Waals surface area contributed by atoms with Crippen LogP contribution in [0.4, 0.5) is 0 Å². The monoisotopic (exact) mass is 278 g/mol. The molecule has 0 aliphatic rings. The molecule has 0 spiro atoms. The van der Waals surface area contributed by atoms with Crippen LogP contribution in [0, 0.1) is 5.41 Å². The third kappa shape index (κ3) is 3.83. The van der Waals surface area contributed by atoms with Crippen LogP contribution in [0.1, 0.15) is 59.1 Å². The van der Waals surface area contributed by atoms with Crippen LogP contribution in [-0.2, 0) is 15.8 Å². The summed E-state index contributed by atoms with van der Waals surface area (Å²) in [4.78, 5) is 11.6. The van der Waals surface area contributed by atoms with E-state index in [0.717, 1.165) is 5.56 Å². The van der Waals surface area contributed by atoms with Crippen molar-refractivity contribution < 1.29 is 15.0 Å². The Balaban J connectivity index is 3.33. The van der Waals surface area contributed by atoms with Crippen LogP contribution in [0.2, 0.25) is 0 Å². The number of aliphatic hydroxyl groups is 1. The number of carboxylic acid groups (broad SMARTS) is 1. The maximum atomic E-state index is 11.6. The number of hydrogen-bond acceptors (Lipinski definition) is 2. The fourth-order valence-corrected chi connectivity index (χ4v) is 2.31. The minimum absolute atomic E-state index is 0.0862. The summed E-state index contributed by atoms with van der Waals surface area (Å²) in [6.45, 7) is 12.0. The highest BCUT2D eigenvalue weighted by Gasteiger charge is 2.41. The van der Waals surface area contributed by atoms with Crippen molar-refractivity contribution >= 4 is 5.97 Å². The number of rotatable bonds is 3. The van der Waals surface area contributed by atoms with Gasteiger partial charge in [0.2, 0.25) is 0 Å². The van der Waals surface area contributed by atoms with Crippen LogP contribution >= 0.6 is 0 Å². The van der Waals surface area contributed by atoms with Crippen molar-refractivity contribution in [2.75, 3.05) is 0 Å². The Labute approximate surface area is 121 Å². The maximum absolute atomic E-state index is 11.6. The Morgan fingerprint density at radius 2 is 1.55 bits per heavy atom. The van der Waals surface area contributed by atoms with Gasteiger partial charge in [-0.2, -0.15) is 0 Å². The molecule has 3 heteroatoms. The zero-order valence-corrected chi connectivity index (χ0v) is 13.3. The Morgan fingerprint density at radius 1 is 1.05 bits per heavy atom. The number of aliphatic carboxylic acids is 1. The minimum atomic E-state index is -1.85. The number of benzene rings is 1. The molecule has 1 atom stereocenters. The summed E-state index contributed by atoms with van der Waals surface area (Å²) in [5.41, 5.74) is -0.752. The predicted molar refractivity (Wildman–Crippen MR) is 80.7 cm³/mol. The van der Waals surface area contributed by atoms with E-state index < -0.39 is 11.6 Å². The first kappa shape index (κ1) is 16.7. The Morgan fingerprint density at radius 3 is 1.95 bits per heavy atom. The van der Waals surface area contributed by atoms with Gasteiger partial charge in [-0.15, -0.1) is 0 Å². The molecule has 0 bridgehead atoms. The normalized spacial score (nSPS) is 15.8. The highest BCUT2D eigenvalue weighted by Crippen LogP contribution is 2.36. The van der Waals surface area contributed by atoms with Gasteiger partial charge in [0.1, 0.15) is 0 Å². The average Bonchev–Trinajstić information content (AvgIpc) is 2.25. The molecule has 1 rings (SSSR count). The molecule has 3 nitrogen and oxygen atoms in total. The quantitative estimate of drug-likeness (QED) is 0.886. The molecule has 0 aliphatic carbocycles. The Hall–Kier alpha value is -1.35. The molecule has 2 N–H and O–H groups in total. The lowest BCUT2D eigenvalue weighted by Crippen LogP contribution is -2.39. The molecular formula is C17H26O3. The van der Waals surface area contributed by atoms with Gasteiger partial charge in [-0.3, -0.25) is 0 Å². The molecule has 1 aromatic rings. The van der Waals surface area contributed by atoms with E-state index in [9.17, 15) is 15.0 Å². The summed E-state index contributed by atoms with van der Waals surface area (Å²) in [5, 5.41) is 20.2. The molecule has 0 radical (unpaired) electrons. The fourth-order valence-electron chi connectivity index (χ4n) is 2.31. The van der Waals surface area contributed by atoms with Crippen molar-refractivity contribution in [3.8, 4) is 0 Å². The van der Waals surface area contributed by atoms with Crippen molar-refractivity contribution in [3.63, 3.8) is 0 Å². The molecule has 112 valence electrons. The summed E-state index contributed by atoms with van der Waals surface area (Å²) in [6.07, 6.45) is 0.170. The first-order chi connectivity index (χ1) is 8.86. The molecule has 0 saturated carbocycles. The minimum Gasteiger partial charge on any atom is -0.479 e. The van der Waals surface area contributed by atoms with E-state index in [-0.39, 0.29) is 17.3 Å². The third-order valence-corrected chi connectivity index (χ3v) is 3.35. The van der Waals surface area contributed by atoms with Gasteiger partial charge in [0.25, 0.3) is 0 Å². The summed E-state index contributed by atoms with van der Waals surface area (Å²) in [7, 11) is 0. The van der Waals surface area contributed by atoms with Gasteiger partial charge < -0.3 is 10.2 Å². The fraction of sp³-hybridized carbons (Fsp3) is 0.588. The van der Waals surface area contributed by atoms with Crippen LogP contribution < -0.4 is 0 Å². The van der Waals surface area contributed by atoms with Gasteiger partial charge in [-0.25, -0.2) is 4.79 Å². The molecule has 0 heterocycles. The number of hydrogen-bond donors (Lipinski definition) is 2. The standard InChI is InChI=1S/C17H26O3/c1-15(2,3)11-17(20,14(18)19)13-9-7-8-12(10-13)16(4,5)6/h7-10,20H,11H2,1-6H3,(H,18,19). The molecule has 0 aliphatic heterocycles. The van der Waals surface area contributed by atoms with Crippen LogP contribution in [0.15, 0.2) is 24.3 Å². The molecule has 0 saturated heterocycles. The molecule has 0 aromatic heterocycles. The largest absolute Gasteiger partial charge is 0.479 e. The van der Waals surface area contributed by atoms with E-state index in [2.05, 4.69) is 20.8 Å². The van der Waals surface area contributed by atoms with Crippen molar-refractivity contribution in [2.45, 2.75) is 59.0 Å². The van der Waals surface area contributed by atoms with E-state index in [1.165, 1.54) is 0 Å². The van der Waals surface area contributed by atoms with Gasteiger partial charge in [0, 0.05) is 0 Å². The average molecular weight is 278 g/mol.